The maximum atomic E-state index is 11.7. The van der Waals surface area contributed by atoms with Crippen molar-refractivity contribution in [1.29, 1.82) is 0 Å². The third-order valence-electron chi connectivity index (χ3n) is 2.43. The molecule has 0 atom stereocenters. The molecule has 72 valence electrons. The van der Waals surface area contributed by atoms with Crippen LogP contribution < -0.4 is 4.74 Å². The van der Waals surface area contributed by atoms with E-state index in [-0.39, 0.29) is 5.78 Å². The second-order valence-corrected chi connectivity index (χ2v) is 3.37. The average molecular weight is 188 g/mol. The largest absolute Gasteiger partial charge is 0.488 e. The minimum atomic E-state index is 0.0153. The van der Waals surface area contributed by atoms with Gasteiger partial charge in [-0.25, -0.2) is 0 Å². The predicted molar refractivity (Wildman–Crippen MR) is 54.8 cm³/mol. The fourth-order valence-electron chi connectivity index (χ4n) is 1.63. The van der Waals surface area contributed by atoms with Crippen LogP contribution in [-0.4, -0.2) is 12.4 Å². The van der Waals surface area contributed by atoms with Crippen LogP contribution in [0.4, 0.5) is 0 Å². The number of ether oxygens (including phenoxy) is 1. The van der Waals surface area contributed by atoms with Gasteiger partial charge < -0.3 is 4.74 Å². The van der Waals surface area contributed by atoms with Crippen LogP contribution in [0.5, 0.6) is 5.75 Å². The summed E-state index contributed by atoms with van der Waals surface area (Å²) >= 11 is 0. The lowest BCUT2D eigenvalue weighted by molar-refractivity contribution is 0.0999. The minimum absolute atomic E-state index is 0.0153. The van der Waals surface area contributed by atoms with E-state index in [1.165, 1.54) is 0 Å². The zero-order valence-corrected chi connectivity index (χ0v) is 8.17. The van der Waals surface area contributed by atoms with Crippen LogP contribution in [0.1, 0.15) is 22.8 Å². The van der Waals surface area contributed by atoms with Crippen LogP contribution >= 0.6 is 0 Å². The Bertz CT molecular complexity index is 405. The first-order valence-electron chi connectivity index (χ1n) is 4.71. The number of aryl methyl sites for hydroxylation is 1. The van der Waals surface area contributed by atoms with Crippen molar-refractivity contribution in [3.05, 3.63) is 41.5 Å². The number of rotatable bonds is 1. The molecule has 1 aromatic rings. The zero-order valence-electron chi connectivity index (χ0n) is 8.17. The van der Waals surface area contributed by atoms with E-state index in [0.717, 1.165) is 17.7 Å². The lowest BCUT2D eigenvalue weighted by atomic mass is 9.98. The van der Waals surface area contributed by atoms with E-state index >= 15 is 0 Å². The van der Waals surface area contributed by atoms with Crippen LogP contribution in [0.2, 0.25) is 0 Å². The van der Waals surface area contributed by atoms with Gasteiger partial charge in [-0.1, -0.05) is 25.6 Å². The van der Waals surface area contributed by atoms with Gasteiger partial charge in [-0.05, 0) is 18.1 Å². The number of benzene rings is 1. The maximum Gasteiger partial charge on any atom is 0.195 e. The molecule has 1 aromatic carbocycles. The smallest absolute Gasteiger partial charge is 0.195 e. The lowest BCUT2D eigenvalue weighted by Crippen LogP contribution is -2.19. The fraction of sp³-hybridized carbons (Fsp3) is 0.250. The summed E-state index contributed by atoms with van der Waals surface area (Å²) in [7, 11) is 0. The molecule has 1 aliphatic rings. The highest BCUT2D eigenvalue weighted by atomic mass is 16.5. The summed E-state index contributed by atoms with van der Waals surface area (Å²) in [4.78, 5) is 11.7. The molecule has 14 heavy (non-hydrogen) atoms. The van der Waals surface area contributed by atoms with E-state index < -0.39 is 0 Å². The predicted octanol–water partition coefficient (Wildman–Crippen LogP) is 2.38. The molecule has 0 unspecified atom stereocenters. The number of carbonyl (C=O) groups excluding carboxylic acids is 1. The second-order valence-electron chi connectivity index (χ2n) is 3.37. The Balaban J connectivity index is 2.57. The van der Waals surface area contributed by atoms with Gasteiger partial charge in [0.1, 0.15) is 12.4 Å². The number of ketones is 1. The summed E-state index contributed by atoms with van der Waals surface area (Å²) < 4.78 is 5.51. The quantitative estimate of drug-likeness (QED) is 0.632. The first-order valence-corrected chi connectivity index (χ1v) is 4.71. The van der Waals surface area contributed by atoms with Crippen molar-refractivity contribution >= 4 is 5.78 Å². The highest BCUT2D eigenvalue weighted by molar-refractivity contribution is 6.11. The third kappa shape index (κ3) is 1.23. The summed E-state index contributed by atoms with van der Waals surface area (Å²) in [5.41, 5.74) is 2.27. The van der Waals surface area contributed by atoms with Crippen molar-refractivity contribution < 1.29 is 9.53 Å². The molecule has 2 rings (SSSR count). The molecule has 0 saturated carbocycles. The number of fused-ring (bicyclic) bond motifs is 1. The molecular formula is C12H12O2. The Hall–Kier alpha value is -1.57. The molecule has 1 aliphatic heterocycles. The number of para-hydroxylation sites is 1. The molecule has 0 N–H and O–H groups in total. The molecule has 0 aliphatic carbocycles. The van der Waals surface area contributed by atoms with Gasteiger partial charge in [0.05, 0.1) is 5.56 Å². The average Bonchev–Trinajstić information content (AvgIpc) is 2.23. The highest BCUT2D eigenvalue weighted by Gasteiger charge is 2.23. The van der Waals surface area contributed by atoms with E-state index in [1.54, 1.807) is 6.07 Å². The SMILES string of the molecule is C=C1COc2c(CC)cccc2C1=O. The Morgan fingerprint density at radius 3 is 3.00 bits per heavy atom. The fourth-order valence-corrected chi connectivity index (χ4v) is 1.63. The van der Waals surface area contributed by atoms with Crippen molar-refractivity contribution in [1.82, 2.24) is 0 Å². The van der Waals surface area contributed by atoms with Crippen molar-refractivity contribution in [2.24, 2.45) is 0 Å². The standard InChI is InChI=1S/C12H12O2/c1-3-9-5-4-6-10-11(13)8(2)7-14-12(9)10/h4-6H,2-3,7H2,1H3. The van der Waals surface area contributed by atoms with E-state index in [0.29, 0.717) is 17.7 Å². The van der Waals surface area contributed by atoms with Crippen LogP contribution in [0.3, 0.4) is 0 Å². The summed E-state index contributed by atoms with van der Waals surface area (Å²) in [5, 5.41) is 0. The summed E-state index contributed by atoms with van der Waals surface area (Å²) in [5.74, 6) is 0.758. The molecular weight excluding hydrogens is 176 g/mol. The van der Waals surface area contributed by atoms with E-state index in [2.05, 4.69) is 6.58 Å². The van der Waals surface area contributed by atoms with Gasteiger partial charge in [0.15, 0.2) is 5.78 Å². The number of Topliss-reactive ketones (excluding diaryl/α,β-unsaturated/α-hetero) is 1. The Morgan fingerprint density at radius 1 is 1.50 bits per heavy atom. The van der Waals surface area contributed by atoms with Crippen molar-refractivity contribution in [3.8, 4) is 5.75 Å². The Morgan fingerprint density at radius 2 is 2.29 bits per heavy atom. The van der Waals surface area contributed by atoms with Gasteiger partial charge >= 0.3 is 0 Å². The summed E-state index contributed by atoms with van der Waals surface area (Å²) in [6.07, 6.45) is 0.878. The first kappa shape index (κ1) is 9.00. The van der Waals surface area contributed by atoms with Crippen LogP contribution in [0.25, 0.3) is 0 Å². The van der Waals surface area contributed by atoms with Gasteiger partial charge in [-0.15, -0.1) is 0 Å². The molecule has 1 heterocycles. The van der Waals surface area contributed by atoms with Crippen molar-refractivity contribution in [3.63, 3.8) is 0 Å². The molecule has 0 spiro atoms. The third-order valence-corrected chi connectivity index (χ3v) is 2.43. The summed E-state index contributed by atoms with van der Waals surface area (Å²) in [6, 6.07) is 5.67. The van der Waals surface area contributed by atoms with Gasteiger partial charge in [0.2, 0.25) is 0 Å². The van der Waals surface area contributed by atoms with Gasteiger partial charge in [0, 0.05) is 5.57 Å². The van der Waals surface area contributed by atoms with Gasteiger partial charge in [-0.3, -0.25) is 4.79 Å². The van der Waals surface area contributed by atoms with E-state index in [1.807, 2.05) is 19.1 Å². The molecule has 2 heteroatoms. The van der Waals surface area contributed by atoms with Crippen molar-refractivity contribution in [2.45, 2.75) is 13.3 Å². The van der Waals surface area contributed by atoms with Crippen LogP contribution in [0, 0.1) is 0 Å². The molecule has 0 aromatic heterocycles. The second kappa shape index (κ2) is 3.29. The topological polar surface area (TPSA) is 26.3 Å². The zero-order chi connectivity index (χ0) is 10.1. The lowest BCUT2D eigenvalue weighted by Gasteiger charge is -2.20. The minimum Gasteiger partial charge on any atom is -0.488 e. The normalized spacial score (nSPS) is 14.9. The summed E-state index contributed by atoms with van der Waals surface area (Å²) in [6.45, 7) is 6.05. The van der Waals surface area contributed by atoms with E-state index in [4.69, 9.17) is 4.74 Å². The molecule has 2 nitrogen and oxygen atoms in total. The maximum absolute atomic E-state index is 11.7. The highest BCUT2D eigenvalue weighted by Crippen LogP contribution is 2.30. The van der Waals surface area contributed by atoms with Gasteiger partial charge in [-0.2, -0.15) is 0 Å². The number of hydrogen-bond donors (Lipinski definition) is 0. The van der Waals surface area contributed by atoms with Gasteiger partial charge in [0.25, 0.3) is 0 Å². The molecule has 0 amide bonds. The van der Waals surface area contributed by atoms with Crippen LogP contribution in [0.15, 0.2) is 30.4 Å². The van der Waals surface area contributed by atoms with Crippen LogP contribution in [-0.2, 0) is 6.42 Å². The monoisotopic (exact) mass is 188 g/mol. The molecule has 0 saturated heterocycles. The van der Waals surface area contributed by atoms with E-state index in [9.17, 15) is 4.79 Å². The molecule has 0 radical (unpaired) electrons. The number of hydrogen-bond acceptors (Lipinski definition) is 2. The first-order chi connectivity index (χ1) is 6.74. The molecule has 0 bridgehead atoms. The molecule has 0 fully saturated rings. The number of carbonyl (C=O) groups is 1. The van der Waals surface area contributed by atoms with Crippen molar-refractivity contribution in [2.75, 3.05) is 6.61 Å². The Labute approximate surface area is 83.2 Å². The Kier molecular flexibility index (Phi) is 2.12.